The Balaban J connectivity index is 3.70. The predicted octanol–water partition coefficient (Wildman–Crippen LogP) is 2.86. The fourth-order valence-corrected chi connectivity index (χ4v) is 0.358. The number of hydrogen-bond acceptors (Lipinski definition) is 0. The highest BCUT2D eigenvalue weighted by molar-refractivity contribution is 5.27. The van der Waals surface area contributed by atoms with Crippen LogP contribution in [-0.2, 0) is 0 Å². The van der Waals surface area contributed by atoms with Gasteiger partial charge in [0.1, 0.15) is 0 Å². The molecule has 0 aromatic rings. The minimum atomic E-state index is 0.938. The minimum absolute atomic E-state index is 0.938. The monoisotopic (exact) mass is 120 g/mol. The Bertz CT molecular complexity index is 147. The molecule has 0 aliphatic rings. The van der Waals surface area contributed by atoms with Crippen molar-refractivity contribution in [3.63, 3.8) is 0 Å². The zero-order valence-corrected chi connectivity index (χ0v) is 5.80. The number of hydrogen-bond donors (Lipinski definition) is 0. The molecule has 0 saturated carbocycles. The number of allylic oxidation sites excluding steroid dienone is 6. The molecule has 0 amide bonds. The topological polar surface area (TPSA) is 0 Å². The third kappa shape index (κ3) is 4.82. The average Bonchev–Trinajstić information content (AvgIpc) is 1.89. The van der Waals surface area contributed by atoms with E-state index in [4.69, 9.17) is 0 Å². The molecule has 0 radical (unpaired) electrons. The molecule has 0 N–H and O–H groups in total. The normalized spacial score (nSPS) is 10.8. The third-order valence-corrected chi connectivity index (χ3v) is 0.876. The van der Waals surface area contributed by atoms with E-state index in [0.29, 0.717) is 0 Å². The van der Waals surface area contributed by atoms with Crippen molar-refractivity contribution in [2.24, 2.45) is 0 Å². The van der Waals surface area contributed by atoms with E-state index in [9.17, 15) is 0 Å². The molecular formula is C9H12. The van der Waals surface area contributed by atoms with Gasteiger partial charge in [-0.2, -0.15) is 0 Å². The molecule has 0 aliphatic heterocycles. The van der Waals surface area contributed by atoms with Gasteiger partial charge in [-0.3, -0.25) is 0 Å². The first-order valence-electron chi connectivity index (χ1n) is 2.92. The molecule has 0 spiro atoms. The van der Waals surface area contributed by atoms with Gasteiger partial charge < -0.3 is 0 Å². The van der Waals surface area contributed by atoms with Gasteiger partial charge in [-0.1, -0.05) is 43.5 Å². The Labute approximate surface area is 56.9 Å². The maximum absolute atomic E-state index is 3.71. The zero-order chi connectivity index (χ0) is 7.11. The first-order valence-corrected chi connectivity index (χ1v) is 2.92. The highest BCUT2D eigenvalue weighted by Gasteiger charge is 1.71. The van der Waals surface area contributed by atoms with Crippen molar-refractivity contribution >= 4 is 0 Å². The molecule has 0 nitrogen and oxygen atoms in total. The van der Waals surface area contributed by atoms with E-state index in [-0.39, 0.29) is 0 Å². The second kappa shape index (κ2) is 5.10. The molecule has 0 atom stereocenters. The molecule has 0 rings (SSSR count). The van der Waals surface area contributed by atoms with Crippen LogP contribution in [0.3, 0.4) is 0 Å². The van der Waals surface area contributed by atoms with Gasteiger partial charge in [0.2, 0.25) is 0 Å². The van der Waals surface area contributed by atoms with Crippen LogP contribution >= 0.6 is 0 Å². The third-order valence-electron chi connectivity index (χ3n) is 0.876. The summed E-state index contributed by atoms with van der Waals surface area (Å²) in [6.07, 6.45) is 9.48. The molecule has 0 fully saturated rings. The van der Waals surface area contributed by atoms with Crippen LogP contribution in [-0.4, -0.2) is 0 Å². The molecular weight excluding hydrogens is 108 g/mol. The Hall–Kier alpha value is -1.04. The van der Waals surface area contributed by atoms with Gasteiger partial charge in [0.25, 0.3) is 0 Å². The van der Waals surface area contributed by atoms with Gasteiger partial charge in [-0.05, 0) is 12.5 Å². The zero-order valence-electron chi connectivity index (χ0n) is 5.80. The van der Waals surface area contributed by atoms with Crippen molar-refractivity contribution in [3.05, 3.63) is 49.1 Å². The van der Waals surface area contributed by atoms with Crippen molar-refractivity contribution in [2.75, 3.05) is 0 Å². The Kier molecular flexibility index (Phi) is 4.51. The van der Waals surface area contributed by atoms with Crippen LogP contribution in [0, 0.1) is 0 Å². The maximum atomic E-state index is 3.71. The van der Waals surface area contributed by atoms with Crippen molar-refractivity contribution < 1.29 is 0 Å². The lowest BCUT2D eigenvalue weighted by Gasteiger charge is -1.81. The summed E-state index contributed by atoms with van der Waals surface area (Å²) in [6.45, 7) is 9.24. The van der Waals surface area contributed by atoms with Crippen molar-refractivity contribution in [1.82, 2.24) is 0 Å². The van der Waals surface area contributed by atoms with Crippen molar-refractivity contribution in [3.8, 4) is 0 Å². The minimum Gasteiger partial charge on any atom is -0.0985 e. The molecule has 0 heteroatoms. The van der Waals surface area contributed by atoms with Crippen LogP contribution in [0.4, 0.5) is 0 Å². The van der Waals surface area contributed by atoms with E-state index in [0.717, 1.165) is 5.57 Å². The summed E-state index contributed by atoms with van der Waals surface area (Å²) in [4.78, 5) is 0. The Morgan fingerprint density at radius 2 is 2.00 bits per heavy atom. The lowest BCUT2D eigenvalue weighted by atomic mass is 10.3. The predicted molar refractivity (Wildman–Crippen MR) is 43.3 cm³/mol. The standard InChI is InChI=1S/C9H12/c1-4-6-7-8-9(3)5-2/h4-8H,2-3H2,1H3/b6-4+,8-7+. The van der Waals surface area contributed by atoms with Gasteiger partial charge >= 0.3 is 0 Å². The molecule has 0 aliphatic carbocycles. The van der Waals surface area contributed by atoms with Gasteiger partial charge in [0, 0.05) is 0 Å². The van der Waals surface area contributed by atoms with Gasteiger partial charge in [0.15, 0.2) is 0 Å². The van der Waals surface area contributed by atoms with Crippen LogP contribution in [0.2, 0.25) is 0 Å². The summed E-state index contributed by atoms with van der Waals surface area (Å²) in [6, 6.07) is 0. The summed E-state index contributed by atoms with van der Waals surface area (Å²) < 4.78 is 0. The van der Waals surface area contributed by atoms with E-state index in [1.54, 1.807) is 6.08 Å². The van der Waals surface area contributed by atoms with Crippen LogP contribution in [0.5, 0.6) is 0 Å². The SMILES string of the molecule is C=CC(=C)/C=C/C=C/C. The van der Waals surface area contributed by atoms with Gasteiger partial charge in [-0.25, -0.2) is 0 Å². The molecule has 0 heterocycles. The maximum Gasteiger partial charge on any atom is -0.0335 e. The molecule has 9 heavy (non-hydrogen) atoms. The first kappa shape index (κ1) is 7.96. The molecule has 0 bridgehead atoms. The molecule has 0 unspecified atom stereocenters. The lowest BCUT2D eigenvalue weighted by molar-refractivity contribution is 1.70. The van der Waals surface area contributed by atoms with E-state index < -0.39 is 0 Å². The first-order chi connectivity index (χ1) is 4.31. The Morgan fingerprint density at radius 1 is 1.33 bits per heavy atom. The highest BCUT2D eigenvalue weighted by Crippen LogP contribution is 1.92. The second-order valence-electron chi connectivity index (χ2n) is 1.66. The fourth-order valence-electron chi connectivity index (χ4n) is 0.358. The second-order valence-corrected chi connectivity index (χ2v) is 1.66. The summed E-state index contributed by atoms with van der Waals surface area (Å²) in [5.41, 5.74) is 0.938. The molecule has 0 aromatic heterocycles. The van der Waals surface area contributed by atoms with Gasteiger partial charge in [0.05, 0.1) is 0 Å². The lowest BCUT2D eigenvalue weighted by Crippen LogP contribution is -1.60. The summed E-state index contributed by atoms with van der Waals surface area (Å²) in [5.74, 6) is 0. The highest BCUT2D eigenvalue weighted by atomic mass is 13.8. The van der Waals surface area contributed by atoms with Crippen LogP contribution < -0.4 is 0 Å². The molecule has 0 saturated heterocycles. The van der Waals surface area contributed by atoms with Crippen LogP contribution in [0.1, 0.15) is 6.92 Å². The Morgan fingerprint density at radius 3 is 2.44 bits per heavy atom. The van der Waals surface area contributed by atoms with Gasteiger partial charge in [-0.15, -0.1) is 0 Å². The van der Waals surface area contributed by atoms with E-state index >= 15 is 0 Å². The smallest absolute Gasteiger partial charge is 0.0335 e. The van der Waals surface area contributed by atoms with Crippen molar-refractivity contribution in [1.29, 1.82) is 0 Å². The van der Waals surface area contributed by atoms with Crippen LogP contribution in [0.15, 0.2) is 49.1 Å². The fraction of sp³-hybridized carbons (Fsp3) is 0.111. The molecule has 0 aromatic carbocycles. The van der Waals surface area contributed by atoms with Crippen molar-refractivity contribution in [2.45, 2.75) is 6.92 Å². The summed E-state index contributed by atoms with van der Waals surface area (Å²) >= 11 is 0. The summed E-state index contributed by atoms with van der Waals surface area (Å²) in [5, 5.41) is 0. The average molecular weight is 120 g/mol. The molecule has 48 valence electrons. The van der Waals surface area contributed by atoms with Crippen LogP contribution in [0.25, 0.3) is 0 Å². The van der Waals surface area contributed by atoms with E-state index in [1.165, 1.54) is 0 Å². The summed E-state index contributed by atoms with van der Waals surface area (Å²) in [7, 11) is 0. The quantitative estimate of drug-likeness (QED) is 0.502. The number of rotatable bonds is 3. The van der Waals surface area contributed by atoms with E-state index in [2.05, 4.69) is 13.2 Å². The van der Waals surface area contributed by atoms with E-state index in [1.807, 2.05) is 31.2 Å². The largest absolute Gasteiger partial charge is 0.0985 e.